The summed E-state index contributed by atoms with van der Waals surface area (Å²) >= 11 is 0. The van der Waals surface area contributed by atoms with Gasteiger partial charge in [0.05, 0.1) is 12.2 Å². The van der Waals surface area contributed by atoms with E-state index < -0.39 is 0 Å². The van der Waals surface area contributed by atoms with Gasteiger partial charge in [-0.05, 0) is 106 Å². The molecule has 0 N–H and O–H groups in total. The summed E-state index contributed by atoms with van der Waals surface area (Å²) < 4.78 is 26.0. The SMILES string of the molecule is N#Cc1ccc(C2CCC(C3CCC(C=CCCCF)CC3)CC2)cc1F. The van der Waals surface area contributed by atoms with Crippen LogP contribution in [0.2, 0.25) is 0 Å². The molecule has 0 atom stereocenters. The van der Waals surface area contributed by atoms with Crippen molar-refractivity contribution in [3.05, 3.63) is 47.3 Å². The molecule has 0 aromatic heterocycles. The van der Waals surface area contributed by atoms with Gasteiger partial charge in [0, 0.05) is 0 Å². The van der Waals surface area contributed by atoms with Gasteiger partial charge in [0.15, 0.2) is 0 Å². The zero-order chi connectivity index (χ0) is 19.1. The Bertz CT molecular complexity index is 659. The average Bonchev–Trinajstić information content (AvgIpc) is 2.72. The van der Waals surface area contributed by atoms with Crippen LogP contribution in [0, 0.1) is 34.9 Å². The topological polar surface area (TPSA) is 23.8 Å². The molecule has 2 saturated carbocycles. The first kappa shape index (κ1) is 20.1. The first-order valence-corrected chi connectivity index (χ1v) is 10.6. The summed E-state index contributed by atoms with van der Waals surface area (Å²) in [4.78, 5) is 0. The van der Waals surface area contributed by atoms with Crippen LogP contribution < -0.4 is 0 Å². The predicted molar refractivity (Wildman–Crippen MR) is 106 cm³/mol. The number of nitriles is 1. The van der Waals surface area contributed by atoms with Gasteiger partial charge in [-0.1, -0.05) is 18.2 Å². The van der Waals surface area contributed by atoms with E-state index in [-0.39, 0.29) is 18.1 Å². The highest BCUT2D eigenvalue weighted by Gasteiger charge is 2.30. The van der Waals surface area contributed by atoms with E-state index in [2.05, 4.69) is 12.2 Å². The molecule has 1 aromatic carbocycles. The fraction of sp³-hybridized carbons (Fsp3) is 0.625. The molecule has 146 valence electrons. The maximum atomic E-state index is 13.9. The third-order valence-corrected chi connectivity index (χ3v) is 6.75. The standard InChI is InChI=1S/C24H31F2N/c25-15-3-1-2-4-18-5-7-19(8-6-18)20-9-11-21(12-10-20)22-13-14-23(17-27)24(26)16-22/h2,4,13-14,16,18-21H,1,3,5-12,15H2. The Labute approximate surface area is 162 Å². The number of halogens is 2. The quantitative estimate of drug-likeness (QED) is 0.387. The van der Waals surface area contributed by atoms with E-state index in [4.69, 9.17) is 5.26 Å². The van der Waals surface area contributed by atoms with Gasteiger partial charge in [0.25, 0.3) is 0 Å². The molecule has 0 bridgehead atoms. The third-order valence-electron chi connectivity index (χ3n) is 6.75. The lowest BCUT2D eigenvalue weighted by atomic mass is 9.68. The van der Waals surface area contributed by atoms with Crippen LogP contribution in [0.1, 0.15) is 81.3 Å². The number of hydrogen-bond donors (Lipinski definition) is 0. The van der Waals surface area contributed by atoms with E-state index in [0.29, 0.717) is 18.3 Å². The lowest BCUT2D eigenvalue weighted by Gasteiger charge is -2.37. The minimum atomic E-state index is -0.380. The fourth-order valence-corrected chi connectivity index (χ4v) is 5.09. The van der Waals surface area contributed by atoms with E-state index in [1.165, 1.54) is 38.5 Å². The van der Waals surface area contributed by atoms with Gasteiger partial charge >= 0.3 is 0 Å². The van der Waals surface area contributed by atoms with Crippen molar-refractivity contribution in [1.29, 1.82) is 5.26 Å². The Balaban J connectivity index is 1.44. The van der Waals surface area contributed by atoms with Crippen molar-refractivity contribution in [2.24, 2.45) is 17.8 Å². The number of nitrogens with zero attached hydrogens (tertiary/aromatic N) is 1. The molecule has 3 heteroatoms. The van der Waals surface area contributed by atoms with Gasteiger partial charge in [-0.3, -0.25) is 4.39 Å². The van der Waals surface area contributed by atoms with Crippen molar-refractivity contribution in [3.8, 4) is 6.07 Å². The summed E-state index contributed by atoms with van der Waals surface area (Å²) in [6.45, 7) is -0.213. The van der Waals surface area contributed by atoms with E-state index in [0.717, 1.165) is 36.7 Å². The van der Waals surface area contributed by atoms with Gasteiger partial charge in [0.1, 0.15) is 11.9 Å². The van der Waals surface area contributed by atoms with Gasteiger partial charge in [-0.15, -0.1) is 0 Å². The van der Waals surface area contributed by atoms with Crippen molar-refractivity contribution < 1.29 is 8.78 Å². The Hall–Kier alpha value is -1.69. The van der Waals surface area contributed by atoms with Crippen LogP contribution in [0.4, 0.5) is 8.78 Å². The molecule has 0 aliphatic heterocycles. The first-order chi connectivity index (χ1) is 13.2. The molecule has 2 fully saturated rings. The van der Waals surface area contributed by atoms with E-state index in [9.17, 15) is 8.78 Å². The average molecular weight is 372 g/mol. The van der Waals surface area contributed by atoms with Gasteiger partial charge in [0.2, 0.25) is 0 Å². The second-order valence-corrected chi connectivity index (χ2v) is 8.40. The maximum absolute atomic E-state index is 13.9. The molecule has 0 saturated heterocycles. The summed E-state index contributed by atoms with van der Waals surface area (Å²) in [6, 6.07) is 7.04. The maximum Gasteiger partial charge on any atom is 0.141 e. The molecule has 1 aromatic rings. The first-order valence-electron chi connectivity index (χ1n) is 10.6. The molecular formula is C24H31F2N. The predicted octanol–water partition coefficient (Wildman–Crippen LogP) is 7.08. The normalized spacial score (nSPS) is 28.9. The number of allylic oxidation sites excluding steroid dienone is 2. The molecule has 2 aliphatic rings. The zero-order valence-corrected chi connectivity index (χ0v) is 16.2. The molecule has 0 spiro atoms. The largest absolute Gasteiger partial charge is 0.251 e. The highest BCUT2D eigenvalue weighted by atomic mass is 19.1. The molecule has 0 amide bonds. The smallest absolute Gasteiger partial charge is 0.141 e. The Kier molecular flexibility index (Phi) is 7.44. The molecule has 3 rings (SSSR count). The summed E-state index contributed by atoms with van der Waals surface area (Å²) in [5.41, 5.74) is 1.20. The second-order valence-electron chi connectivity index (χ2n) is 8.40. The molecule has 0 unspecified atom stereocenters. The van der Waals surface area contributed by atoms with Crippen LogP contribution in [0.15, 0.2) is 30.4 Å². The molecule has 27 heavy (non-hydrogen) atoms. The van der Waals surface area contributed by atoms with E-state index in [1.807, 2.05) is 12.1 Å². The van der Waals surface area contributed by atoms with Crippen LogP contribution >= 0.6 is 0 Å². The Morgan fingerprint density at radius 2 is 1.67 bits per heavy atom. The summed E-state index contributed by atoms with van der Waals surface area (Å²) in [6.07, 6.45) is 16.0. The molecule has 0 heterocycles. The van der Waals surface area contributed by atoms with Crippen molar-refractivity contribution in [1.82, 2.24) is 0 Å². The molecular weight excluding hydrogens is 340 g/mol. The van der Waals surface area contributed by atoms with Gasteiger partial charge < -0.3 is 0 Å². The van der Waals surface area contributed by atoms with Crippen molar-refractivity contribution in [3.63, 3.8) is 0 Å². The fourth-order valence-electron chi connectivity index (χ4n) is 5.09. The summed E-state index contributed by atoms with van der Waals surface area (Å²) in [7, 11) is 0. The monoisotopic (exact) mass is 371 g/mol. The third kappa shape index (κ3) is 5.41. The second kappa shape index (κ2) is 10.0. The Morgan fingerprint density at radius 1 is 1.00 bits per heavy atom. The summed E-state index contributed by atoms with van der Waals surface area (Å²) in [5.74, 6) is 2.42. The van der Waals surface area contributed by atoms with Gasteiger partial charge in [-0.2, -0.15) is 5.26 Å². The Morgan fingerprint density at radius 3 is 2.26 bits per heavy atom. The zero-order valence-electron chi connectivity index (χ0n) is 16.2. The lowest BCUT2D eigenvalue weighted by molar-refractivity contribution is 0.171. The van der Waals surface area contributed by atoms with Crippen LogP contribution in [-0.2, 0) is 0 Å². The van der Waals surface area contributed by atoms with Crippen LogP contribution in [0.5, 0.6) is 0 Å². The van der Waals surface area contributed by atoms with E-state index >= 15 is 0 Å². The molecule has 1 nitrogen and oxygen atoms in total. The number of benzene rings is 1. The van der Waals surface area contributed by atoms with E-state index in [1.54, 1.807) is 12.1 Å². The number of hydrogen-bond acceptors (Lipinski definition) is 1. The van der Waals surface area contributed by atoms with Crippen LogP contribution in [0.3, 0.4) is 0 Å². The van der Waals surface area contributed by atoms with Gasteiger partial charge in [-0.25, -0.2) is 4.39 Å². The van der Waals surface area contributed by atoms with Crippen LogP contribution in [0.25, 0.3) is 0 Å². The van der Waals surface area contributed by atoms with Crippen molar-refractivity contribution in [2.45, 2.75) is 70.1 Å². The number of rotatable bonds is 6. The minimum absolute atomic E-state index is 0.142. The van der Waals surface area contributed by atoms with Crippen LogP contribution in [-0.4, -0.2) is 6.67 Å². The molecule has 2 aliphatic carbocycles. The number of unbranched alkanes of at least 4 members (excludes halogenated alkanes) is 1. The van der Waals surface area contributed by atoms with Crippen molar-refractivity contribution in [2.75, 3.05) is 6.67 Å². The highest BCUT2D eigenvalue weighted by Crippen LogP contribution is 2.44. The highest BCUT2D eigenvalue weighted by molar-refractivity contribution is 5.34. The lowest BCUT2D eigenvalue weighted by Crippen LogP contribution is -2.25. The molecule has 0 radical (unpaired) electrons. The summed E-state index contributed by atoms with van der Waals surface area (Å²) in [5, 5.41) is 8.88. The number of alkyl halides is 1. The van der Waals surface area contributed by atoms with Crippen molar-refractivity contribution >= 4 is 0 Å². The minimum Gasteiger partial charge on any atom is -0.251 e.